The van der Waals surface area contributed by atoms with Crippen molar-refractivity contribution in [2.24, 2.45) is 0 Å². The Kier molecular flexibility index (Phi) is 6.04. The third kappa shape index (κ3) is 4.28. The number of hydrogen-bond acceptors (Lipinski definition) is 4. The fourth-order valence-corrected chi connectivity index (χ4v) is 4.89. The third-order valence-corrected chi connectivity index (χ3v) is 6.67. The van der Waals surface area contributed by atoms with Gasteiger partial charge in [0, 0.05) is 23.9 Å². The van der Waals surface area contributed by atoms with Gasteiger partial charge < -0.3 is 4.74 Å². The van der Waals surface area contributed by atoms with Crippen molar-refractivity contribution in [2.45, 2.75) is 44.9 Å². The largest absolute Gasteiger partial charge is 0.494 e. The Balaban J connectivity index is 1.77. The summed E-state index contributed by atoms with van der Waals surface area (Å²) in [5, 5.41) is 0.353. The summed E-state index contributed by atoms with van der Waals surface area (Å²) in [5.41, 5.74) is 3.78. The number of aryl methyl sites for hydroxylation is 1. The quantitative estimate of drug-likeness (QED) is 0.335. The van der Waals surface area contributed by atoms with Gasteiger partial charge in [0.1, 0.15) is 5.82 Å². The summed E-state index contributed by atoms with van der Waals surface area (Å²) >= 11 is 0. The van der Waals surface area contributed by atoms with Crippen molar-refractivity contribution >= 4 is 16.6 Å². The second-order valence-electron chi connectivity index (χ2n) is 9.01. The van der Waals surface area contributed by atoms with E-state index < -0.39 is 5.82 Å². The zero-order valence-corrected chi connectivity index (χ0v) is 19.7. The van der Waals surface area contributed by atoms with E-state index in [-0.39, 0.29) is 17.2 Å². The molecule has 0 aliphatic heterocycles. The Bertz CT molecular complexity index is 1510. The fraction of sp³-hybridized carbons (Fsp3) is 0.286. The number of fused-ring (bicyclic) bond motifs is 1. The smallest absolute Gasteiger partial charge is 0.264 e. The molecule has 4 aromatic rings. The van der Waals surface area contributed by atoms with Crippen LogP contribution in [0.1, 0.15) is 54.2 Å². The van der Waals surface area contributed by atoms with E-state index in [1.165, 1.54) is 23.8 Å². The molecule has 2 heterocycles. The number of pyridine rings is 1. The lowest BCUT2D eigenvalue weighted by atomic mass is 10.0. The summed E-state index contributed by atoms with van der Waals surface area (Å²) < 4.78 is 21.2. The first-order valence-electron chi connectivity index (χ1n) is 11.7. The van der Waals surface area contributed by atoms with Gasteiger partial charge in [-0.25, -0.2) is 14.2 Å². The Labute approximate surface area is 202 Å². The van der Waals surface area contributed by atoms with Gasteiger partial charge in [-0.15, -0.1) is 0 Å². The van der Waals surface area contributed by atoms with Gasteiger partial charge in [-0.3, -0.25) is 14.3 Å². The molecule has 35 heavy (non-hydrogen) atoms. The maximum atomic E-state index is 14.6. The Morgan fingerprint density at radius 2 is 1.97 bits per heavy atom. The van der Waals surface area contributed by atoms with Crippen LogP contribution in [0.25, 0.3) is 21.4 Å². The number of halogens is 1. The molecule has 6 nitrogen and oxygen atoms in total. The highest BCUT2D eigenvalue weighted by Crippen LogP contribution is 2.35. The molecule has 7 heteroatoms. The average Bonchev–Trinajstić information content (AvgIpc) is 3.40. The molecule has 0 spiro atoms. The standard InChI is InChI=1S/C28H25FN4O2/c1-17-8-9-18(16-31-17)12-20-13-21(30-2)14-23-26(20)32-27(19-6-4-5-7-19)33(28(23)34)22-10-11-25(35-3)24(29)15-22/h8-11,13-16,19H,4-7,12H2,1,3H3. The topological polar surface area (TPSA) is 61.4 Å². The first-order chi connectivity index (χ1) is 17.0. The third-order valence-electron chi connectivity index (χ3n) is 6.67. The molecular weight excluding hydrogens is 443 g/mol. The average molecular weight is 469 g/mol. The highest BCUT2D eigenvalue weighted by Gasteiger charge is 2.26. The van der Waals surface area contributed by atoms with Crippen LogP contribution in [0.3, 0.4) is 0 Å². The van der Waals surface area contributed by atoms with E-state index in [0.29, 0.717) is 34.5 Å². The first kappa shape index (κ1) is 22.7. The first-order valence-corrected chi connectivity index (χ1v) is 11.7. The maximum absolute atomic E-state index is 14.6. The molecule has 1 saturated carbocycles. The molecule has 1 aliphatic carbocycles. The van der Waals surface area contributed by atoms with Gasteiger partial charge in [-0.1, -0.05) is 25.0 Å². The number of benzene rings is 2. The van der Waals surface area contributed by atoms with Crippen LogP contribution < -0.4 is 10.3 Å². The molecule has 2 aromatic heterocycles. The minimum absolute atomic E-state index is 0.103. The monoisotopic (exact) mass is 468 g/mol. The molecule has 0 unspecified atom stereocenters. The van der Waals surface area contributed by atoms with E-state index in [9.17, 15) is 9.18 Å². The molecule has 2 aromatic carbocycles. The predicted octanol–water partition coefficient (Wildman–Crippen LogP) is 6.04. The maximum Gasteiger partial charge on any atom is 0.264 e. The summed E-state index contributed by atoms with van der Waals surface area (Å²) in [6.45, 7) is 9.51. The molecule has 5 rings (SSSR count). The highest BCUT2D eigenvalue weighted by atomic mass is 19.1. The van der Waals surface area contributed by atoms with Gasteiger partial charge >= 0.3 is 0 Å². The van der Waals surface area contributed by atoms with E-state index in [4.69, 9.17) is 16.3 Å². The number of methoxy groups -OCH3 is 1. The molecule has 0 atom stereocenters. The normalized spacial score (nSPS) is 13.8. The number of hydrogen-bond donors (Lipinski definition) is 0. The van der Waals surface area contributed by atoms with Crippen molar-refractivity contribution in [1.82, 2.24) is 14.5 Å². The van der Waals surface area contributed by atoms with Crippen LogP contribution in [0.5, 0.6) is 5.75 Å². The minimum atomic E-state index is -0.545. The van der Waals surface area contributed by atoms with Gasteiger partial charge in [0.05, 0.1) is 30.3 Å². The van der Waals surface area contributed by atoms with E-state index in [2.05, 4.69) is 9.83 Å². The highest BCUT2D eigenvalue weighted by molar-refractivity contribution is 5.86. The van der Waals surface area contributed by atoms with Crippen LogP contribution in [-0.4, -0.2) is 21.6 Å². The molecule has 1 fully saturated rings. The van der Waals surface area contributed by atoms with E-state index >= 15 is 0 Å². The van der Waals surface area contributed by atoms with E-state index in [1.54, 1.807) is 18.2 Å². The molecule has 176 valence electrons. The fourth-order valence-electron chi connectivity index (χ4n) is 4.89. The number of ether oxygens (including phenoxy) is 1. The number of rotatable bonds is 5. The summed E-state index contributed by atoms with van der Waals surface area (Å²) in [4.78, 5) is 27.0. The van der Waals surface area contributed by atoms with E-state index in [1.807, 2.05) is 25.3 Å². The zero-order chi connectivity index (χ0) is 24.5. The SMILES string of the molecule is [C-]#[N+]c1cc(Cc2ccc(C)nc2)c2nc(C3CCCC3)n(-c3ccc(OC)c(F)c3)c(=O)c2c1. The van der Waals surface area contributed by atoms with Crippen molar-refractivity contribution in [3.8, 4) is 11.4 Å². The summed E-state index contributed by atoms with van der Waals surface area (Å²) in [6.07, 6.45) is 6.29. The summed E-state index contributed by atoms with van der Waals surface area (Å²) in [6, 6.07) is 11.8. The zero-order valence-electron chi connectivity index (χ0n) is 19.7. The van der Waals surface area contributed by atoms with Crippen molar-refractivity contribution in [3.05, 3.63) is 98.9 Å². The lowest BCUT2D eigenvalue weighted by Gasteiger charge is -2.19. The second kappa shape index (κ2) is 9.30. The van der Waals surface area contributed by atoms with Crippen LogP contribution in [0.15, 0.2) is 53.5 Å². The van der Waals surface area contributed by atoms with Crippen LogP contribution in [-0.2, 0) is 6.42 Å². The molecule has 0 amide bonds. The van der Waals surface area contributed by atoms with E-state index in [0.717, 1.165) is 42.5 Å². The minimum Gasteiger partial charge on any atom is -0.494 e. The second-order valence-corrected chi connectivity index (χ2v) is 9.01. The molecular formula is C28H25FN4O2. The van der Waals surface area contributed by atoms with Crippen LogP contribution in [0, 0.1) is 19.3 Å². The van der Waals surface area contributed by atoms with Crippen molar-refractivity contribution < 1.29 is 9.13 Å². The van der Waals surface area contributed by atoms with Gasteiger partial charge in [-0.2, -0.15) is 0 Å². The van der Waals surface area contributed by atoms with Crippen LogP contribution >= 0.6 is 0 Å². The Morgan fingerprint density at radius 1 is 1.17 bits per heavy atom. The van der Waals surface area contributed by atoms with Crippen molar-refractivity contribution in [3.63, 3.8) is 0 Å². The van der Waals surface area contributed by atoms with Gasteiger partial charge in [0.2, 0.25) is 0 Å². The number of aromatic nitrogens is 3. The van der Waals surface area contributed by atoms with Crippen molar-refractivity contribution in [1.29, 1.82) is 0 Å². The summed E-state index contributed by atoms with van der Waals surface area (Å²) in [5.74, 6) is 0.314. The molecule has 0 bridgehead atoms. The molecule has 1 aliphatic rings. The Hall–Kier alpha value is -4.05. The molecule has 0 saturated heterocycles. The lowest BCUT2D eigenvalue weighted by molar-refractivity contribution is 0.386. The molecule has 0 N–H and O–H groups in total. The van der Waals surface area contributed by atoms with Crippen LogP contribution in [0.2, 0.25) is 0 Å². The van der Waals surface area contributed by atoms with Gasteiger partial charge in [0.25, 0.3) is 5.56 Å². The number of nitrogens with zero attached hydrogens (tertiary/aromatic N) is 4. The predicted molar refractivity (Wildman–Crippen MR) is 133 cm³/mol. The van der Waals surface area contributed by atoms with Crippen molar-refractivity contribution in [2.75, 3.05) is 7.11 Å². The molecule has 0 radical (unpaired) electrons. The Morgan fingerprint density at radius 3 is 2.63 bits per heavy atom. The lowest BCUT2D eigenvalue weighted by Crippen LogP contribution is -2.26. The van der Waals surface area contributed by atoms with Gasteiger partial charge in [0.15, 0.2) is 17.3 Å². The van der Waals surface area contributed by atoms with Crippen LogP contribution in [0.4, 0.5) is 10.1 Å². The summed E-state index contributed by atoms with van der Waals surface area (Å²) in [7, 11) is 1.41. The van der Waals surface area contributed by atoms with Gasteiger partial charge in [-0.05, 0) is 61.6 Å².